The lowest BCUT2D eigenvalue weighted by Crippen LogP contribution is -2.13. The number of rotatable bonds is 6. The van der Waals surface area contributed by atoms with E-state index in [1.54, 1.807) is 42.3 Å². The van der Waals surface area contributed by atoms with Crippen molar-refractivity contribution in [3.05, 3.63) is 82.1 Å². The number of aromatic nitrogens is 4. The minimum Gasteiger partial charge on any atom is -0.497 e. The van der Waals surface area contributed by atoms with Crippen molar-refractivity contribution in [3.63, 3.8) is 0 Å². The van der Waals surface area contributed by atoms with Crippen LogP contribution in [-0.4, -0.2) is 33.0 Å². The fourth-order valence-electron chi connectivity index (χ4n) is 2.89. The van der Waals surface area contributed by atoms with Gasteiger partial charge >= 0.3 is 0 Å². The average Bonchev–Trinajstić information content (AvgIpc) is 3.40. The standard InChI is InChI=1S/C21H17Cl2N5O2/c1-30-16-4-2-3-13(9-16)18-11-19(26-25-18)21(29)24-20-7-8-28(27-20)12-14-5-6-15(22)10-17(14)23/h2-11H,12H2,1H3,(H,25,26)(H,24,27,29). The van der Waals surface area contributed by atoms with Crippen molar-refractivity contribution in [1.82, 2.24) is 20.0 Å². The van der Waals surface area contributed by atoms with E-state index in [9.17, 15) is 4.79 Å². The van der Waals surface area contributed by atoms with Crippen LogP contribution < -0.4 is 10.1 Å². The molecule has 2 aromatic carbocycles. The molecule has 0 saturated carbocycles. The fourth-order valence-corrected chi connectivity index (χ4v) is 3.36. The molecule has 0 aliphatic heterocycles. The molecule has 0 aliphatic rings. The van der Waals surface area contributed by atoms with E-state index in [1.807, 2.05) is 30.3 Å². The van der Waals surface area contributed by atoms with Crippen LogP contribution in [0.5, 0.6) is 5.75 Å². The van der Waals surface area contributed by atoms with Crippen LogP contribution in [0.3, 0.4) is 0 Å². The number of hydrogen-bond acceptors (Lipinski definition) is 4. The molecular formula is C21H17Cl2N5O2. The summed E-state index contributed by atoms with van der Waals surface area (Å²) in [4.78, 5) is 12.5. The molecule has 4 aromatic rings. The molecule has 0 spiro atoms. The molecule has 2 N–H and O–H groups in total. The molecule has 0 unspecified atom stereocenters. The molecule has 2 heterocycles. The first kappa shape index (κ1) is 20.0. The first-order chi connectivity index (χ1) is 14.5. The van der Waals surface area contributed by atoms with Crippen LogP contribution in [-0.2, 0) is 6.54 Å². The van der Waals surface area contributed by atoms with Crippen molar-refractivity contribution < 1.29 is 9.53 Å². The van der Waals surface area contributed by atoms with Crippen molar-refractivity contribution >= 4 is 34.9 Å². The first-order valence-corrected chi connectivity index (χ1v) is 9.76. The number of carbonyl (C=O) groups excluding carboxylic acids is 1. The number of anilines is 1. The minimum absolute atomic E-state index is 0.322. The first-order valence-electron chi connectivity index (χ1n) is 9.00. The summed E-state index contributed by atoms with van der Waals surface area (Å²) in [6, 6.07) is 16.1. The molecule has 0 bridgehead atoms. The molecule has 0 atom stereocenters. The SMILES string of the molecule is COc1cccc(-c2cc(C(=O)Nc3ccn(Cc4ccc(Cl)cc4Cl)n3)[nH]n2)c1. The maximum atomic E-state index is 12.5. The van der Waals surface area contributed by atoms with E-state index in [4.69, 9.17) is 27.9 Å². The van der Waals surface area contributed by atoms with Gasteiger partial charge in [-0.15, -0.1) is 0 Å². The fraction of sp³-hybridized carbons (Fsp3) is 0.0952. The number of benzene rings is 2. The Morgan fingerprint density at radius 3 is 2.83 bits per heavy atom. The van der Waals surface area contributed by atoms with E-state index in [0.29, 0.717) is 39.5 Å². The van der Waals surface area contributed by atoms with Crippen LogP contribution in [0.2, 0.25) is 10.0 Å². The lowest BCUT2D eigenvalue weighted by Gasteiger charge is -2.05. The monoisotopic (exact) mass is 441 g/mol. The quantitative estimate of drug-likeness (QED) is 0.445. The number of hydrogen-bond donors (Lipinski definition) is 2. The lowest BCUT2D eigenvalue weighted by molar-refractivity contribution is 0.102. The maximum Gasteiger partial charge on any atom is 0.274 e. The summed E-state index contributed by atoms with van der Waals surface area (Å²) in [6.07, 6.45) is 1.76. The van der Waals surface area contributed by atoms with Gasteiger partial charge in [-0.1, -0.05) is 41.4 Å². The summed E-state index contributed by atoms with van der Waals surface area (Å²) in [5, 5.41) is 15.2. The number of ether oxygens (including phenoxy) is 1. The van der Waals surface area contributed by atoms with Crippen LogP contribution >= 0.6 is 23.2 Å². The van der Waals surface area contributed by atoms with Crippen molar-refractivity contribution in [2.24, 2.45) is 0 Å². The van der Waals surface area contributed by atoms with Gasteiger partial charge in [-0.2, -0.15) is 10.2 Å². The summed E-state index contributed by atoms with van der Waals surface area (Å²) < 4.78 is 6.90. The number of nitrogens with one attached hydrogen (secondary N) is 2. The number of halogens is 2. The van der Waals surface area contributed by atoms with Crippen LogP contribution in [0.1, 0.15) is 16.1 Å². The Kier molecular flexibility index (Phi) is 5.74. The second-order valence-electron chi connectivity index (χ2n) is 6.49. The molecule has 1 amide bonds. The van der Waals surface area contributed by atoms with Crippen molar-refractivity contribution in [2.75, 3.05) is 12.4 Å². The summed E-state index contributed by atoms with van der Waals surface area (Å²) in [5.41, 5.74) is 2.68. The Morgan fingerprint density at radius 1 is 1.17 bits per heavy atom. The zero-order valence-electron chi connectivity index (χ0n) is 15.9. The largest absolute Gasteiger partial charge is 0.497 e. The summed E-state index contributed by atoms with van der Waals surface area (Å²) in [5.74, 6) is 0.793. The van der Waals surface area contributed by atoms with Gasteiger partial charge in [0.05, 0.1) is 19.3 Å². The molecule has 2 aromatic heterocycles. The minimum atomic E-state index is -0.341. The number of amides is 1. The number of nitrogens with zero attached hydrogens (tertiary/aromatic N) is 3. The van der Waals surface area contributed by atoms with Gasteiger partial charge in [0.2, 0.25) is 0 Å². The predicted molar refractivity (Wildman–Crippen MR) is 116 cm³/mol. The molecule has 30 heavy (non-hydrogen) atoms. The van der Waals surface area contributed by atoms with Crippen LogP contribution in [0.25, 0.3) is 11.3 Å². The highest BCUT2D eigenvalue weighted by Crippen LogP contribution is 2.23. The summed E-state index contributed by atoms with van der Waals surface area (Å²) in [6.45, 7) is 0.454. The highest BCUT2D eigenvalue weighted by Gasteiger charge is 2.13. The highest BCUT2D eigenvalue weighted by atomic mass is 35.5. The molecule has 152 valence electrons. The smallest absolute Gasteiger partial charge is 0.274 e. The molecule has 0 fully saturated rings. The van der Waals surface area contributed by atoms with Gasteiger partial charge in [0, 0.05) is 27.9 Å². The van der Waals surface area contributed by atoms with E-state index < -0.39 is 0 Å². The van der Waals surface area contributed by atoms with Crippen molar-refractivity contribution in [3.8, 4) is 17.0 Å². The van der Waals surface area contributed by atoms with Gasteiger partial charge in [0.25, 0.3) is 5.91 Å². The molecule has 9 heteroatoms. The van der Waals surface area contributed by atoms with Gasteiger partial charge in [-0.25, -0.2) is 0 Å². The molecule has 0 aliphatic carbocycles. The predicted octanol–water partition coefficient (Wildman–Crippen LogP) is 4.89. The molecule has 0 saturated heterocycles. The average molecular weight is 442 g/mol. The Bertz CT molecular complexity index is 1200. The van der Waals surface area contributed by atoms with Crippen molar-refractivity contribution in [1.29, 1.82) is 0 Å². The van der Waals surface area contributed by atoms with E-state index >= 15 is 0 Å². The number of aromatic amines is 1. The molecule has 0 radical (unpaired) electrons. The van der Waals surface area contributed by atoms with E-state index in [1.165, 1.54) is 0 Å². The third kappa shape index (κ3) is 4.48. The topological polar surface area (TPSA) is 84.8 Å². The Balaban J connectivity index is 1.44. The molecular weight excluding hydrogens is 425 g/mol. The van der Waals surface area contributed by atoms with Crippen molar-refractivity contribution in [2.45, 2.75) is 6.54 Å². The normalized spacial score (nSPS) is 10.8. The second kappa shape index (κ2) is 8.61. The highest BCUT2D eigenvalue weighted by molar-refractivity contribution is 6.35. The Hall–Kier alpha value is -3.29. The van der Waals surface area contributed by atoms with E-state index in [-0.39, 0.29) is 5.91 Å². The van der Waals surface area contributed by atoms with Crippen LogP contribution in [0, 0.1) is 0 Å². The van der Waals surface area contributed by atoms with Gasteiger partial charge < -0.3 is 10.1 Å². The zero-order valence-corrected chi connectivity index (χ0v) is 17.4. The summed E-state index contributed by atoms with van der Waals surface area (Å²) >= 11 is 12.1. The number of methoxy groups -OCH3 is 1. The molecule has 4 rings (SSSR count). The Morgan fingerprint density at radius 2 is 2.03 bits per heavy atom. The van der Waals surface area contributed by atoms with Gasteiger partial charge in [0.15, 0.2) is 5.82 Å². The zero-order chi connectivity index (χ0) is 21.1. The third-order valence-electron chi connectivity index (χ3n) is 4.42. The summed E-state index contributed by atoms with van der Waals surface area (Å²) in [7, 11) is 1.60. The van der Waals surface area contributed by atoms with E-state index in [2.05, 4.69) is 20.6 Å². The van der Waals surface area contributed by atoms with Gasteiger partial charge in [-0.05, 0) is 35.9 Å². The van der Waals surface area contributed by atoms with Gasteiger partial charge in [-0.3, -0.25) is 14.6 Å². The van der Waals surface area contributed by atoms with Crippen LogP contribution in [0.15, 0.2) is 60.8 Å². The maximum absolute atomic E-state index is 12.5. The van der Waals surface area contributed by atoms with E-state index in [0.717, 1.165) is 11.1 Å². The molecule has 7 nitrogen and oxygen atoms in total. The third-order valence-corrected chi connectivity index (χ3v) is 5.00. The van der Waals surface area contributed by atoms with Gasteiger partial charge in [0.1, 0.15) is 11.4 Å². The Labute approximate surface area is 182 Å². The van der Waals surface area contributed by atoms with Crippen LogP contribution in [0.4, 0.5) is 5.82 Å². The number of H-pyrrole nitrogens is 1. The number of carbonyl (C=O) groups is 1. The second-order valence-corrected chi connectivity index (χ2v) is 7.33. The lowest BCUT2D eigenvalue weighted by atomic mass is 10.1.